The summed E-state index contributed by atoms with van der Waals surface area (Å²) >= 11 is 1.71. The molecule has 0 unspecified atom stereocenters. The summed E-state index contributed by atoms with van der Waals surface area (Å²) in [5, 5.41) is 6.79. The van der Waals surface area contributed by atoms with Gasteiger partial charge >= 0.3 is 0 Å². The van der Waals surface area contributed by atoms with Gasteiger partial charge in [0.1, 0.15) is 10.8 Å². The van der Waals surface area contributed by atoms with Crippen LogP contribution in [0.1, 0.15) is 28.9 Å². The number of methoxy groups -OCH3 is 1. The Morgan fingerprint density at radius 3 is 2.82 bits per heavy atom. The van der Waals surface area contributed by atoms with Crippen molar-refractivity contribution in [2.24, 2.45) is 0 Å². The summed E-state index contributed by atoms with van der Waals surface area (Å²) in [6, 6.07) is 0. The van der Waals surface area contributed by atoms with Crippen LogP contribution in [0.4, 0.5) is 5.95 Å². The van der Waals surface area contributed by atoms with E-state index in [2.05, 4.69) is 25.9 Å². The summed E-state index contributed by atoms with van der Waals surface area (Å²) in [5.41, 5.74) is 12.0. The Morgan fingerprint density at radius 2 is 2.03 bits per heavy atom. The summed E-state index contributed by atoms with van der Waals surface area (Å²) in [5.74, 6) is 2.00. The van der Waals surface area contributed by atoms with Crippen LogP contribution in [0.25, 0.3) is 17.1 Å². The Balaban J connectivity index is 1.48. The number of anilines is 1. The summed E-state index contributed by atoms with van der Waals surface area (Å²) in [4.78, 5) is 16.2. The normalized spacial score (nSPS) is 16.6. The van der Waals surface area contributed by atoms with Gasteiger partial charge in [-0.2, -0.15) is 10.1 Å². The van der Waals surface area contributed by atoms with Crippen LogP contribution in [0.2, 0.25) is 0 Å². The van der Waals surface area contributed by atoms with Crippen molar-refractivity contribution in [1.82, 2.24) is 29.6 Å². The van der Waals surface area contributed by atoms with Crippen LogP contribution < -0.4 is 10.5 Å². The molecular weight excluding hydrogens is 438 g/mol. The number of nitrogen functional groups attached to an aromatic ring is 1. The lowest BCUT2D eigenvalue weighted by Gasteiger charge is -2.26. The van der Waals surface area contributed by atoms with Gasteiger partial charge in [-0.05, 0) is 26.3 Å². The number of pyridine rings is 1. The van der Waals surface area contributed by atoms with Gasteiger partial charge in [-0.1, -0.05) is 5.57 Å². The third kappa shape index (κ3) is 4.42. The fourth-order valence-corrected chi connectivity index (χ4v) is 5.49. The number of ether oxygens (including phenoxy) is 2. The van der Waals surface area contributed by atoms with Crippen LogP contribution in [0, 0.1) is 13.8 Å². The zero-order chi connectivity index (χ0) is 22.9. The first-order chi connectivity index (χ1) is 16.0. The molecule has 2 aliphatic rings. The topological polar surface area (TPSA) is 104 Å². The molecule has 0 radical (unpaired) electrons. The van der Waals surface area contributed by atoms with Crippen LogP contribution in [-0.4, -0.2) is 75.3 Å². The van der Waals surface area contributed by atoms with E-state index in [0.29, 0.717) is 6.54 Å². The molecule has 2 aliphatic heterocycles. The van der Waals surface area contributed by atoms with E-state index in [-0.39, 0.29) is 5.95 Å². The molecule has 5 rings (SSSR count). The first kappa shape index (κ1) is 22.1. The highest BCUT2D eigenvalue weighted by Crippen LogP contribution is 2.35. The molecule has 2 N–H and O–H groups in total. The molecule has 0 saturated carbocycles. The highest BCUT2D eigenvalue weighted by atomic mass is 32.2. The summed E-state index contributed by atoms with van der Waals surface area (Å²) in [7, 11) is 1.69. The van der Waals surface area contributed by atoms with Crippen LogP contribution in [-0.2, 0) is 11.3 Å². The molecule has 1 fully saturated rings. The lowest BCUT2D eigenvalue weighted by Crippen LogP contribution is -2.37. The van der Waals surface area contributed by atoms with Gasteiger partial charge in [0.25, 0.3) is 0 Å². The quantitative estimate of drug-likeness (QED) is 0.548. The standard InChI is InChI=1S/C23H29N7O2S/c1-14-11-25-18(15(2)20(14)31-3)12-30-21-19-17(28-30)10-16(4-5-29-6-8-32-9-7-29)13-33-22(19)27-23(24)26-21/h10-11H,4-9,12-13H2,1-3H3,(H2,24,26,27). The number of hydrogen-bond donors (Lipinski definition) is 1. The fourth-order valence-electron chi connectivity index (χ4n) is 4.44. The van der Waals surface area contributed by atoms with Crippen molar-refractivity contribution in [2.75, 3.05) is 51.4 Å². The average Bonchev–Trinajstić information content (AvgIpc) is 3.04. The monoisotopic (exact) mass is 467 g/mol. The highest BCUT2D eigenvalue weighted by Gasteiger charge is 2.22. The van der Waals surface area contributed by atoms with Crippen molar-refractivity contribution >= 4 is 34.8 Å². The van der Waals surface area contributed by atoms with Gasteiger partial charge < -0.3 is 15.2 Å². The van der Waals surface area contributed by atoms with E-state index >= 15 is 0 Å². The van der Waals surface area contributed by atoms with Gasteiger partial charge in [0.05, 0.1) is 43.6 Å². The number of morpholine rings is 1. The summed E-state index contributed by atoms with van der Waals surface area (Å²) in [6.45, 7) is 9.15. The number of hydrogen-bond acceptors (Lipinski definition) is 9. The number of aryl methyl sites for hydroxylation is 1. The fraction of sp³-hybridized carbons (Fsp3) is 0.478. The lowest BCUT2D eigenvalue weighted by atomic mass is 10.1. The molecule has 9 nitrogen and oxygen atoms in total. The van der Waals surface area contributed by atoms with Crippen molar-refractivity contribution in [3.05, 3.63) is 34.3 Å². The molecule has 10 heteroatoms. The average molecular weight is 468 g/mol. The minimum Gasteiger partial charge on any atom is -0.496 e. The van der Waals surface area contributed by atoms with Crippen molar-refractivity contribution in [3.8, 4) is 5.75 Å². The SMILES string of the molecule is COc1c(C)cnc(Cn2nc3c4c(nc(N)nc42)SCC(CCN2CCOCC2)=C3)c1C. The highest BCUT2D eigenvalue weighted by molar-refractivity contribution is 7.99. The maximum Gasteiger partial charge on any atom is 0.223 e. The van der Waals surface area contributed by atoms with Crippen molar-refractivity contribution in [1.29, 1.82) is 0 Å². The predicted octanol–water partition coefficient (Wildman–Crippen LogP) is 2.69. The number of thioether (sulfide) groups is 1. The summed E-state index contributed by atoms with van der Waals surface area (Å²) < 4.78 is 12.9. The molecule has 5 heterocycles. The lowest BCUT2D eigenvalue weighted by molar-refractivity contribution is 0.0385. The minimum atomic E-state index is 0.264. The molecule has 174 valence electrons. The molecule has 1 saturated heterocycles. The van der Waals surface area contributed by atoms with Crippen LogP contribution in [0.15, 0.2) is 16.8 Å². The second-order valence-electron chi connectivity index (χ2n) is 8.47. The second-order valence-corrected chi connectivity index (χ2v) is 9.43. The Labute approximate surface area is 197 Å². The number of rotatable bonds is 6. The molecule has 0 atom stereocenters. The number of nitrogens with zero attached hydrogens (tertiary/aromatic N) is 6. The zero-order valence-electron chi connectivity index (χ0n) is 19.3. The molecular formula is C23H29N7O2S. The van der Waals surface area contributed by atoms with Gasteiger partial charge in [0.2, 0.25) is 5.95 Å². The maximum absolute atomic E-state index is 6.09. The van der Waals surface area contributed by atoms with Gasteiger partial charge in [0, 0.05) is 42.7 Å². The van der Waals surface area contributed by atoms with E-state index in [1.54, 1.807) is 18.9 Å². The number of nitrogens with two attached hydrogens (primary N) is 1. The Morgan fingerprint density at radius 1 is 1.21 bits per heavy atom. The van der Waals surface area contributed by atoms with E-state index in [1.165, 1.54) is 5.57 Å². The molecule has 3 aromatic heterocycles. The molecule has 3 aromatic rings. The largest absolute Gasteiger partial charge is 0.496 e. The van der Waals surface area contributed by atoms with Crippen LogP contribution in [0.3, 0.4) is 0 Å². The van der Waals surface area contributed by atoms with Gasteiger partial charge in [0.15, 0.2) is 5.65 Å². The molecule has 0 amide bonds. The summed E-state index contributed by atoms with van der Waals surface area (Å²) in [6.07, 6.45) is 5.04. The molecule has 0 bridgehead atoms. The number of aromatic nitrogens is 5. The van der Waals surface area contributed by atoms with Crippen LogP contribution in [0.5, 0.6) is 5.75 Å². The van der Waals surface area contributed by atoms with Crippen molar-refractivity contribution in [2.45, 2.75) is 31.8 Å². The zero-order valence-corrected chi connectivity index (χ0v) is 20.1. The molecule has 0 aliphatic carbocycles. The van der Waals surface area contributed by atoms with E-state index in [0.717, 1.165) is 89.3 Å². The Bertz CT molecular complexity index is 1220. The van der Waals surface area contributed by atoms with Crippen LogP contribution >= 0.6 is 11.8 Å². The molecule has 33 heavy (non-hydrogen) atoms. The first-order valence-corrected chi connectivity index (χ1v) is 12.2. The van der Waals surface area contributed by atoms with E-state index < -0.39 is 0 Å². The Hall–Kier alpha value is -2.69. The third-order valence-corrected chi connectivity index (χ3v) is 7.32. The smallest absolute Gasteiger partial charge is 0.223 e. The third-order valence-electron chi connectivity index (χ3n) is 6.24. The Kier molecular flexibility index (Phi) is 6.22. The van der Waals surface area contributed by atoms with Gasteiger partial charge in [-0.3, -0.25) is 9.88 Å². The second kappa shape index (κ2) is 9.28. The van der Waals surface area contributed by atoms with E-state index in [9.17, 15) is 0 Å². The van der Waals surface area contributed by atoms with Gasteiger partial charge in [-0.15, -0.1) is 11.8 Å². The van der Waals surface area contributed by atoms with Crippen molar-refractivity contribution in [3.63, 3.8) is 0 Å². The van der Waals surface area contributed by atoms with Gasteiger partial charge in [-0.25, -0.2) is 9.67 Å². The molecule has 0 aromatic carbocycles. The molecule has 0 spiro atoms. The van der Waals surface area contributed by atoms with E-state index in [1.807, 2.05) is 24.7 Å². The van der Waals surface area contributed by atoms with E-state index in [4.69, 9.17) is 20.3 Å². The minimum absolute atomic E-state index is 0.264. The maximum atomic E-state index is 6.09. The predicted molar refractivity (Wildman–Crippen MR) is 130 cm³/mol. The first-order valence-electron chi connectivity index (χ1n) is 11.2. The van der Waals surface area contributed by atoms with Crippen molar-refractivity contribution < 1.29 is 9.47 Å².